The van der Waals surface area contributed by atoms with Crippen molar-refractivity contribution in [2.24, 2.45) is 11.5 Å². The van der Waals surface area contributed by atoms with Crippen molar-refractivity contribution in [2.45, 2.75) is 11.8 Å². The molecule has 0 saturated heterocycles. The Kier molecular flexibility index (Phi) is 3.94. The summed E-state index contributed by atoms with van der Waals surface area (Å²) in [6.45, 7) is 1.16. The van der Waals surface area contributed by atoms with E-state index in [2.05, 4.69) is 41.8 Å². The van der Waals surface area contributed by atoms with Crippen LogP contribution in [0.25, 0.3) is 0 Å². The third-order valence-electron chi connectivity index (χ3n) is 3.21. The van der Waals surface area contributed by atoms with Crippen LogP contribution in [-0.4, -0.2) is 13.1 Å². The molecule has 1 aromatic heterocycles. The molecule has 0 amide bonds. The Morgan fingerprint density at radius 1 is 0.941 bits per heavy atom. The third-order valence-corrected chi connectivity index (χ3v) is 4.33. The van der Waals surface area contributed by atoms with Crippen LogP contribution in [0.2, 0.25) is 0 Å². The summed E-state index contributed by atoms with van der Waals surface area (Å²) in [6, 6.07) is 14.6. The maximum absolute atomic E-state index is 5.98. The summed E-state index contributed by atoms with van der Waals surface area (Å²) in [5, 5.41) is 2.08. The molecule has 1 aromatic carbocycles. The number of nitrogens with two attached hydrogens (primary N) is 2. The molecule has 0 radical (unpaired) electrons. The average Bonchev–Trinajstić information content (AvgIpc) is 2.92. The van der Waals surface area contributed by atoms with Crippen molar-refractivity contribution < 1.29 is 0 Å². The van der Waals surface area contributed by atoms with E-state index in [1.165, 1.54) is 10.4 Å². The van der Waals surface area contributed by atoms with E-state index in [0.717, 1.165) is 6.42 Å². The third kappa shape index (κ3) is 2.57. The van der Waals surface area contributed by atoms with Gasteiger partial charge in [0.1, 0.15) is 0 Å². The van der Waals surface area contributed by atoms with Crippen LogP contribution in [0.3, 0.4) is 0 Å². The molecule has 0 aliphatic carbocycles. The Morgan fingerprint density at radius 2 is 1.65 bits per heavy atom. The molecular formula is C14H18N2S. The zero-order valence-corrected chi connectivity index (χ0v) is 10.6. The molecule has 0 fully saturated rings. The lowest BCUT2D eigenvalue weighted by Gasteiger charge is -2.30. The summed E-state index contributed by atoms with van der Waals surface area (Å²) < 4.78 is 0. The second kappa shape index (κ2) is 5.45. The monoisotopic (exact) mass is 246 g/mol. The van der Waals surface area contributed by atoms with Crippen molar-refractivity contribution in [3.8, 4) is 0 Å². The molecule has 0 saturated carbocycles. The number of hydrogen-bond donors (Lipinski definition) is 2. The van der Waals surface area contributed by atoms with Crippen LogP contribution in [-0.2, 0) is 11.8 Å². The van der Waals surface area contributed by atoms with Crippen LogP contribution < -0.4 is 11.5 Å². The first-order valence-corrected chi connectivity index (χ1v) is 6.67. The smallest absolute Gasteiger partial charge is 0.0332 e. The van der Waals surface area contributed by atoms with Gasteiger partial charge in [-0.2, -0.15) is 0 Å². The molecule has 2 nitrogen and oxygen atoms in total. The zero-order chi connectivity index (χ0) is 12.1. The zero-order valence-electron chi connectivity index (χ0n) is 9.80. The highest BCUT2D eigenvalue weighted by molar-refractivity contribution is 7.10. The van der Waals surface area contributed by atoms with E-state index in [9.17, 15) is 0 Å². The standard InChI is InChI=1S/C14H18N2S/c15-10-14(11-16,13-7-4-8-17-13)9-12-5-2-1-3-6-12/h1-8H,9-11,15-16H2. The fourth-order valence-electron chi connectivity index (χ4n) is 2.08. The Bertz CT molecular complexity index is 433. The SMILES string of the molecule is NCC(CN)(Cc1ccccc1)c1cccs1. The fraction of sp³-hybridized carbons (Fsp3) is 0.286. The summed E-state index contributed by atoms with van der Waals surface area (Å²) in [7, 11) is 0. The average molecular weight is 246 g/mol. The molecule has 17 heavy (non-hydrogen) atoms. The van der Waals surface area contributed by atoms with Crippen molar-refractivity contribution >= 4 is 11.3 Å². The lowest BCUT2D eigenvalue weighted by molar-refractivity contribution is 0.454. The molecule has 2 aromatic rings. The molecule has 90 valence electrons. The maximum atomic E-state index is 5.98. The Labute approximate surface area is 106 Å². The van der Waals surface area contributed by atoms with Crippen molar-refractivity contribution in [3.05, 3.63) is 58.3 Å². The van der Waals surface area contributed by atoms with Gasteiger partial charge in [-0.3, -0.25) is 0 Å². The first kappa shape index (κ1) is 12.3. The summed E-state index contributed by atoms with van der Waals surface area (Å²) in [4.78, 5) is 1.28. The van der Waals surface area contributed by atoms with E-state index < -0.39 is 0 Å². The van der Waals surface area contributed by atoms with Crippen LogP contribution in [0.15, 0.2) is 47.8 Å². The van der Waals surface area contributed by atoms with Crippen LogP contribution in [0, 0.1) is 0 Å². The number of benzene rings is 1. The predicted molar refractivity (Wildman–Crippen MR) is 74.3 cm³/mol. The van der Waals surface area contributed by atoms with Gasteiger partial charge in [0, 0.05) is 23.4 Å². The van der Waals surface area contributed by atoms with E-state index in [1.54, 1.807) is 11.3 Å². The first-order chi connectivity index (χ1) is 8.30. The lowest BCUT2D eigenvalue weighted by Crippen LogP contribution is -2.43. The van der Waals surface area contributed by atoms with Gasteiger partial charge in [-0.25, -0.2) is 0 Å². The second-order valence-corrected chi connectivity index (χ2v) is 5.28. The summed E-state index contributed by atoms with van der Waals surface area (Å²) in [5.41, 5.74) is 13.1. The summed E-state index contributed by atoms with van der Waals surface area (Å²) in [6.07, 6.45) is 0.904. The molecule has 0 bridgehead atoms. The first-order valence-electron chi connectivity index (χ1n) is 5.79. The highest BCUT2D eigenvalue weighted by Crippen LogP contribution is 2.30. The van der Waals surface area contributed by atoms with E-state index in [1.807, 2.05) is 6.07 Å². The van der Waals surface area contributed by atoms with Gasteiger partial charge in [-0.15, -0.1) is 11.3 Å². The summed E-state index contributed by atoms with van der Waals surface area (Å²) in [5.74, 6) is 0. The van der Waals surface area contributed by atoms with Gasteiger partial charge in [0.15, 0.2) is 0 Å². The number of rotatable bonds is 5. The molecule has 0 aliphatic heterocycles. The molecular weight excluding hydrogens is 228 g/mol. The highest BCUT2D eigenvalue weighted by atomic mass is 32.1. The molecule has 1 heterocycles. The maximum Gasteiger partial charge on any atom is 0.0332 e. The predicted octanol–water partition coefficient (Wildman–Crippen LogP) is 2.15. The number of thiophene rings is 1. The van der Waals surface area contributed by atoms with Crippen molar-refractivity contribution in [2.75, 3.05) is 13.1 Å². The van der Waals surface area contributed by atoms with Gasteiger partial charge in [0.2, 0.25) is 0 Å². The molecule has 2 rings (SSSR count). The van der Waals surface area contributed by atoms with Gasteiger partial charge in [-0.1, -0.05) is 36.4 Å². The van der Waals surface area contributed by atoms with Gasteiger partial charge >= 0.3 is 0 Å². The number of hydrogen-bond acceptors (Lipinski definition) is 3. The van der Waals surface area contributed by atoms with Gasteiger partial charge in [0.25, 0.3) is 0 Å². The van der Waals surface area contributed by atoms with Crippen molar-refractivity contribution in [1.29, 1.82) is 0 Å². The molecule has 0 atom stereocenters. The fourth-order valence-corrected chi connectivity index (χ4v) is 3.03. The lowest BCUT2D eigenvalue weighted by atomic mass is 9.80. The summed E-state index contributed by atoms with van der Waals surface area (Å²) >= 11 is 1.74. The minimum absolute atomic E-state index is 0.116. The van der Waals surface area contributed by atoms with Gasteiger partial charge in [-0.05, 0) is 23.4 Å². The topological polar surface area (TPSA) is 52.0 Å². The van der Waals surface area contributed by atoms with E-state index >= 15 is 0 Å². The Morgan fingerprint density at radius 3 is 2.18 bits per heavy atom. The van der Waals surface area contributed by atoms with Crippen LogP contribution in [0.5, 0.6) is 0 Å². The molecule has 4 N–H and O–H groups in total. The van der Waals surface area contributed by atoms with Gasteiger partial charge in [0.05, 0.1) is 0 Å². The highest BCUT2D eigenvalue weighted by Gasteiger charge is 2.30. The van der Waals surface area contributed by atoms with E-state index in [4.69, 9.17) is 11.5 Å². The van der Waals surface area contributed by atoms with Gasteiger partial charge < -0.3 is 11.5 Å². The second-order valence-electron chi connectivity index (χ2n) is 4.33. The van der Waals surface area contributed by atoms with Crippen LogP contribution in [0.4, 0.5) is 0 Å². The normalized spacial score (nSPS) is 11.6. The minimum atomic E-state index is -0.116. The van der Waals surface area contributed by atoms with Crippen molar-refractivity contribution in [3.63, 3.8) is 0 Å². The van der Waals surface area contributed by atoms with Crippen molar-refractivity contribution in [1.82, 2.24) is 0 Å². The Balaban J connectivity index is 2.29. The quantitative estimate of drug-likeness (QED) is 0.849. The largest absolute Gasteiger partial charge is 0.329 e. The van der Waals surface area contributed by atoms with E-state index in [-0.39, 0.29) is 5.41 Å². The minimum Gasteiger partial charge on any atom is -0.329 e. The molecule has 3 heteroatoms. The molecule has 0 aliphatic rings. The molecule has 0 unspecified atom stereocenters. The Hall–Kier alpha value is -1.16. The molecule has 0 spiro atoms. The van der Waals surface area contributed by atoms with E-state index in [0.29, 0.717) is 13.1 Å². The van der Waals surface area contributed by atoms with Crippen LogP contribution >= 0.6 is 11.3 Å². The van der Waals surface area contributed by atoms with Crippen LogP contribution in [0.1, 0.15) is 10.4 Å².